The lowest BCUT2D eigenvalue weighted by Gasteiger charge is -2.15. The molecule has 8 heteroatoms. The van der Waals surface area contributed by atoms with Gasteiger partial charge in [-0.2, -0.15) is 8.78 Å². The Morgan fingerprint density at radius 1 is 1.35 bits per heavy atom. The minimum atomic E-state index is -2.88. The molecule has 1 aromatic carbocycles. The minimum absolute atomic E-state index is 0.0868. The first kappa shape index (κ1) is 19.4. The highest BCUT2D eigenvalue weighted by Crippen LogP contribution is 2.24. The summed E-state index contributed by atoms with van der Waals surface area (Å²) in [5.74, 6) is 0.646. The lowest BCUT2D eigenvalue weighted by atomic mass is 10.2. The molecule has 1 aromatic rings. The quantitative estimate of drug-likeness (QED) is 0.409. The third-order valence-electron chi connectivity index (χ3n) is 2.87. The molecule has 0 saturated heterocycles. The zero-order valence-electron chi connectivity index (χ0n) is 13.2. The van der Waals surface area contributed by atoms with E-state index in [0.29, 0.717) is 36.3 Å². The van der Waals surface area contributed by atoms with Crippen LogP contribution in [0.1, 0.15) is 18.9 Å². The van der Waals surface area contributed by atoms with Gasteiger partial charge >= 0.3 is 6.61 Å². The molecule has 5 nitrogen and oxygen atoms in total. The molecule has 0 amide bonds. The first-order chi connectivity index (χ1) is 11.1. The molecule has 0 unspecified atom stereocenters. The van der Waals surface area contributed by atoms with Crippen molar-refractivity contribution in [2.75, 3.05) is 26.8 Å². The molecule has 0 aliphatic carbocycles. The summed E-state index contributed by atoms with van der Waals surface area (Å²) < 4.78 is 34.5. The number of hydrogen-bond acceptors (Lipinski definition) is 3. The number of guanidine groups is 1. The van der Waals surface area contributed by atoms with E-state index in [-0.39, 0.29) is 12.3 Å². The van der Waals surface area contributed by atoms with Crippen LogP contribution in [0.25, 0.3) is 0 Å². The van der Waals surface area contributed by atoms with Gasteiger partial charge in [-0.3, -0.25) is 4.99 Å². The second kappa shape index (κ2) is 11.0. The smallest absolute Gasteiger partial charge is 0.387 e. The molecular formula is C15H22ClF2N3O2. The monoisotopic (exact) mass is 349 g/mol. The van der Waals surface area contributed by atoms with Crippen molar-refractivity contribution in [2.24, 2.45) is 4.99 Å². The van der Waals surface area contributed by atoms with Crippen LogP contribution in [0.2, 0.25) is 5.02 Å². The molecule has 1 rings (SSSR count). The molecular weight excluding hydrogens is 328 g/mol. The predicted molar refractivity (Wildman–Crippen MR) is 87.4 cm³/mol. The van der Waals surface area contributed by atoms with Gasteiger partial charge in [0.15, 0.2) is 5.96 Å². The van der Waals surface area contributed by atoms with Gasteiger partial charge in [0.25, 0.3) is 0 Å². The van der Waals surface area contributed by atoms with E-state index < -0.39 is 6.61 Å². The number of rotatable bonds is 9. The lowest BCUT2D eigenvalue weighted by molar-refractivity contribution is -0.0504. The van der Waals surface area contributed by atoms with E-state index in [0.717, 1.165) is 6.42 Å². The summed E-state index contributed by atoms with van der Waals surface area (Å²) in [7, 11) is 1.63. The number of nitrogens with one attached hydrogen (secondary N) is 2. The van der Waals surface area contributed by atoms with Gasteiger partial charge in [-0.15, -0.1) is 0 Å². The minimum Gasteiger partial charge on any atom is -0.434 e. The third-order valence-corrected chi connectivity index (χ3v) is 3.11. The molecule has 0 aliphatic rings. The molecule has 0 radical (unpaired) electrons. The van der Waals surface area contributed by atoms with Crippen LogP contribution >= 0.6 is 11.6 Å². The summed E-state index contributed by atoms with van der Waals surface area (Å²) in [6.45, 7) is 1.36. The maximum absolute atomic E-state index is 12.4. The lowest BCUT2D eigenvalue weighted by Crippen LogP contribution is -2.37. The van der Waals surface area contributed by atoms with E-state index in [1.807, 2.05) is 6.92 Å². The Hall–Kier alpha value is -1.60. The highest BCUT2D eigenvalue weighted by molar-refractivity contribution is 6.30. The van der Waals surface area contributed by atoms with E-state index in [2.05, 4.69) is 20.4 Å². The molecule has 23 heavy (non-hydrogen) atoms. The molecule has 0 atom stereocenters. The summed E-state index contributed by atoms with van der Waals surface area (Å²) in [6, 6.07) is 4.50. The van der Waals surface area contributed by atoms with Gasteiger partial charge in [0.1, 0.15) is 5.75 Å². The van der Waals surface area contributed by atoms with E-state index >= 15 is 0 Å². The number of hydrogen-bond donors (Lipinski definition) is 2. The van der Waals surface area contributed by atoms with Crippen LogP contribution in [-0.2, 0) is 11.3 Å². The van der Waals surface area contributed by atoms with Gasteiger partial charge in [0, 0.05) is 43.9 Å². The highest BCUT2D eigenvalue weighted by atomic mass is 35.5. The Kier molecular flexibility index (Phi) is 9.31. The van der Waals surface area contributed by atoms with Crippen LogP contribution in [0.15, 0.2) is 23.2 Å². The maximum Gasteiger partial charge on any atom is 0.387 e. The van der Waals surface area contributed by atoms with Crippen molar-refractivity contribution in [3.63, 3.8) is 0 Å². The molecule has 130 valence electrons. The Morgan fingerprint density at radius 3 is 2.78 bits per heavy atom. The van der Waals surface area contributed by atoms with Gasteiger partial charge in [0.05, 0.1) is 0 Å². The second-order valence-electron chi connectivity index (χ2n) is 4.53. The number of alkyl halides is 2. The molecule has 0 aromatic heterocycles. The number of benzene rings is 1. The summed E-state index contributed by atoms with van der Waals surface area (Å²) in [5, 5.41) is 6.59. The van der Waals surface area contributed by atoms with Crippen LogP contribution in [0.4, 0.5) is 8.78 Å². The number of nitrogens with zero attached hydrogens (tertiary/aromatic N) is 1. The van der Waals surface area contributed by atoms with Crippen LogP contribution < -0.4 is 15.4 Å². The molecule has 0 spiro atoms. The SMILES string of the molecule is CCOCCCNC(=NC)NCc1cc(Cl)ccc1OC(F)F. The standard InChI is InChI=1S/C15H22ClF2N3O2/c1-3-22-8-4-7-20-15(19-2)21-10-11-9-12(16)5-6-13(11)23-14(17)18/h5-6,9,14H,3-4,7-8,10H2,1-2H3,(H2,19,20,21). The van der Waals surface area contributed by atoms with Crippen molar-refractivity contribution >= 4 is 17.6 Å². The van der Waals surface area contributed by atoms with E-state index in [1.165, 1.54) is 12.1 Å². The fourth-order valence-corrected chi connectivity index (χ4v) is 2.02. The maximum atomic E-state index is 12.4. The fourth-order valence-electron chi connectivity index (χ4n) is 1.82. The average molecular weight is 350 g/mol. The van der Waals surface area contributed by atoms with E-state index in [4.69, 9.17) is 16.3 Å². The molecule has 0 fully saturated rings. The first-order valence-electron chi connectivity index (χ1n) is 7.32. The van der Waals surface area contributed by atoms with Gasteiger partial charge in [-0.25, -0.2) is 0 Å². The van der Waals surface area contributed by atoms with Crippen molar-refractivity contribution in [1.29, 1.82) is 0 Å². The Labute approximate surface area is 140 Å². The van der Waals surface area contributed by atoms with Crippen molar-refractivity contribution in [1.82, 2.24) is 10.6 Å². The zero-order chi connectivity index (χ0) is 17.1. The van der Waals surface area contributed by atoms with Crippen molar-refractivity contribution in [2.45, 2.75) is 26.5 Å². The molecule has 0 aliphatic heterocycles. The summed E-state index contributed by atoms with van der Waals surface area (Å²) in [4.78, 5) is 4.07. The normalized spacial score (nSPS) is 11.7. The number of halogens is 3. The summed E-state index contributed by atoms with van der Waals surface area (Å²) in [6.07, 6.45) is 0.839. The Balaban J connectivity index is 2.53. The average Bonchev–Trinajstić information content (AvgIpc) is 2.52. The summed E-state index contributed by atoms with van der Waals surface area (Å²) in [5.41, 5.74) is 0.523. The Bertz CT molecular complexity index is 502. The van der Waals surface area contributed by atoms with Crippen LogP contribution in [0.3, 0.4) is 0 Å². The van der Waals surface area contributed by atoms with Crippen LogP contribution in [-0.4, -0.2) is 39.4 Å². The Morgan fingerprint density at radius 2 is 2.13 bits per heavy atom. The van der Waals surface area contributed by atoms with Crippen molar-refractivity contribution in [3.05, 3.63) is 28.8 Å². The second-order valence-corrected chi connectivity index (χ2v) is 4.97. The van der Waals surface area contributed by atoms with E-state index in [9.17, 15) is 8.78 Å². The van der Waals surface area contributed by atoms with Crippen LogP contribution in [0.5, 0.6) is 5.75 Å². The first-order valence-corrected chi connectivity index (χ1v) is 7.70. The zero-order valence-corrected chi connectivity index (χ0v) is 14.0. The van der Waals surface area contributed by atoms with Gasteiger partial charge in [-0.1, -0.05) is 11.6 Å². The summed E-state index contributed by atoms with van der Waals surface area (Å²) >= 11 is 5.90. The topological polar surface area (TPSA) is 54.9 Å². The molecule has 0 heterocycles. The third kappa shape index (κ3) is 7.99. The highest BCUT2D eigenvalue weighted by Gasteiger charge is 2.10. The predicted octanol–water partition coefficient (Wildman–Crippen LogP) is 3.03. The molecule has 0 saturated carbocycles. The van der Waals surface area contributed by atoms with E-state index in [1.54, 1.807) is 13.1 Å². The fraction of sp³-hybridized carbons (Fsp3) is 0.533. The largest absolute Gasteiger partial charge is 0.434 e. The number of aliphatic imine (C=N–C) groups is 1. The van der Waals surface area contributed by atoms with Crippen molar-refractivity contribution < 1.29 is 18.3 Å². The van der Waals surface area contributed by atoms with Gasteiger partial charge in [-0.05, 0) is 31.5 Å². The van der Waals surface area contributed by atoms with Crippen molar-refractivity contribution in [3.8, 4) is 5.75 Å². The van der Waals surface area contributed by atoms with Gasteiger partial charge in [0.2, 0.25) is 0 Å². The van der Waals surface area contributed by atoms with Crippen LogP contribution in [0, 0.1) is 0 Å². The number of ether oxygens (including phenoxy) is 2. The van der Waals surface area contributed by atoms with Gasteiger partial charge < -0.3 is 20.1 Å². The molecule has 2 N–H and O–H groups in total. The molecule has 0 bridgehead atoms.